The van der Waals surface area contributed by atoms with E-state index in [0.29, 0.717) is 6.42 Å². The molecule has 0 saturated carbocycles. The number of H-pyrrole nitrogens is 1. The topological polar surface area (TPSA) is 76.2 Å². The molecule has 0 aliphatic carbocycles. The van der Waals surface area contributed by atoms with E-state index in [1.165, 1.54) is 13.4 Å². The van der Waals surface area contributed by atoms with Gasteiger partial charge in [0.15, 0.2) is 9.84 Å². The average Bonchev–Trinajstić information content (AvgIpc) is 2.77. The zero-order chi connectivity index (χ0) is 14.0. The molecule has 1 aromatic heterocycles. The number of benzene rings is 1. The number of esters is 1. The van der Waals surface area contributed by atoms with E-state index in [1.807, 2.05) is 0 Å². The number of rotatable bonds is 4. The van der Waals surface area contributed by atoms with E-state index in [1.54, 1.807) is 24.4 Å². The van der Waals surface area contributed by atoms with E-state index >= 15 is 0 Å². The van der Waals surface area contributed by atoms with E-state index in [4.69, 9.17) is 0 Å². The lowest BCUT2D eigenvalue weighted by atomic mass is 10.1. The van der Waals surface area contributed by atoms with Gasteiger partial charge in [0.2, 0.25) is 0 Å². The Bertz CT molecular complexity index is 715. The van der Waals surface area contributed by atoms with Crippen molar-refractivity contribution in [3.63, 3.8) is 0 Å². The molecular weight excluding hydrogens is 266 g/mol. The first-order valence-corrected chi connectivity index (χ1v) is 7.68. The third-order valence-corrected chi connectivity index (χ3v) is 4.10. The van der Waals surface area contributed by atoms with Gasteiger partial charge in [0.05, 0.1) is 12.0 Å². The number of aryl methyl sites for hydroxylation is 1. The molecular formula is C13H15NO4S. The summed E-state index contributed by atoms with van der Waals surface area (Å²) in [5.74, 6) is -0.284. The summed E-state index contributed by atoms with van der Waals surface area (Å²) in [5, 5.41) is 0.826. The Kier molecular flexibility index (Phi) is 3.61. The molecule has 0 saturated heterocycles. The van der Waals surface area contributed by atoms with Crippen LogP contribution in [0.2, 0.25) is 0 Å². The van der Waals surface area contributed by atoms with Gasteiger partial charge in [-0.1, -0.05) is 0 Å². The lowest BCUT2D eigenvalue weighted by molar-refractivity contribution is -0.140. The van der Waals surface area contributed by atoms with Gasteiger partial charge in [-0.25, -0.2) is 8.42 Å². The van der Waals surface area contributed by atoms with Crippen LogP contribution in [0.15, 0.2) is 29.3 Å². The molecule has 102 valence electrons. The third-order valence-electron chi connectivity index (χ3n) is 2.99. The number of aromatic amines is 1. The Labute approximate surface area is 111 Å². The van der Waals surface area contributed by atoms with Crippen LogP contribution >= 0.6 is 0 Å². The van der Waals surface area contributed by atoms with Crippen molar-refractivity contribution in [1.82, 2.24) is 4.98 Å². The lowest BCUT2D eigenvalue weighted by Crippen LogP contribution is -2.01. The summed E-state index contributed by atoms with van der Waals surface area (Å²) in [4.78, 5) is 14.5. The van der Waals surface area contributed by atoms with Crippen LogP contribution in [0, 0.1) is 0 Å². The van der Waals surface area contributed by atoms with Crippen LogP contribution in [0.5, 0.6) is 0 Å². The smallest absolute Gasteiger partial charge is 0.305 e. The summed E-state index contributed by atoms with van der Waals surface area (Å²) in [7, 11) is -1.88. The van der Waals surface area contributed by atoms with Crippen molar-refractivity contribution in [1.29, 1.82) is 0 Å². The van der Waals surface area contributed by atoms with Crippen molar-refractivity contribution >= 4 is 26.7 Å². The second-order valence-electron chi connectivity index (χ2n) is 4.37. The van der Waals surface area contributed by atoms with E-state index in [0.717, 1.165) is 16.5 Å². The molecule has 1 aromatic carbocycles. The van der Waals surface area contributed by atoms with Gasteiger partial charge in [-0.3, -0.25) is 4.79 Å². The van der Waals surface area contributed by atoms with Gasteiger partial charge in [-0.15, -0.1) is 0 Å². The van der Waals surface area contributed by atoms with Gasteiger partial charge in [-0.2, -0.15) is 0 Å². The monoisotopic (exact) mass is 281 g/mol. The number of ether oxygens (including phenoxy) is 1. The van der Waals surface area contributed by atoms with Crippen molar-refractivity contribution in [3.8, 4) is 0 Å². The molecule has 2 aromatic rings. The molecule has 0 spiro atoms. The molecule has 0 bridgehead atoms. The zero-order valence-corrected chi connectivity index (χ0v) is 11.6. The molecule has 0 atom stereocenters. The van der Waals surface area contributed by atoms with Crippen LogP contribution in [0.1, 0.15) is 12.0 Å². The van der Waals surface area contributed by atoms with Gasteiger partial charge >= 0.3 is 5.97 Å². The molecule has 0 aliphatic rings. The molecule has 5 nitrogen and oxygen atoms in total. The van der Waals surface area contributed by atoms with Crippen molar-refractivity contribution in [2.75, 3.05) is 13.4 Å². The second-order valence-corrected chi connectivity index (χ2v) is 6.39. The number of nitrogens with one attached hydrogen (secondary N) is 1. The first kappa shape index (κ1) is 13.6. The van der Waals surface area contributed by atoms with Crippen LogP contribution < -0.4 is 0 Å². The average molecular weight is 281 g/mol. The molecule has 6 heteroatoms. The van der Waals surface area contributed by atoms with Crippen LogP contribution in [0.25, 0.3) is 10.9 Å². The summed E-state index contributed by atoms with van der Waals surface area (Å²) < 4.78 is 27.7. The number of aromatic nitrogens is 1. The third kappa shape index (κ3) is 2.96. The maximum Gasteiger partial charge on any atom is 0.305 e. The van der Waals surface area contributed by atoms with Crippen LogP contribution in [0.3, 0.4) is 0 Å². The van der Waals surface area contributed by atoms with Crippen LogP contribution in [-0.2, 0) is 25.8 Å². The van der Waals surface area contributed by atoms with E-state index in [-0.39, 0.29) is 17.3 Å². The predicted octanol–water partition coefficient (Wildman–Crippen LogP) is 1.68. The van der Waals surface area contributed by atoms with Gasteiger partial charge < -0.3 is 9.72 Å². The maximum absolute atomic E-state index is 11.5. The largest absolute Gasteiger partial charge is 0.469 e. The summed E-state index contributed by atoms with van der Waals surface area (Å²) in [6.07, 6.45) is 3.75. The molecule has 0 fully saturated rings. The quantitative estimate of drug-likeness (QED) is 0.865. The standard InChI is InChI=1S/C13H15NO4S/c1-18-13(15)6-3-9-8-14-12-5-4-10(7-11(9)12)19(2,16)17/h4-5,7-8,14H,3,6H2,1-2H3. The fourth-order valence-corrected chi connectivity index (χ4v) is 2.58. The highest BCUT2D eigenvalue weighted by Gasteiger charge is 2.11. The molecule has 0 radical (unpaired) electrons. The Morgan fingerprint density at radius 3 is 2.74 bits per heavy atom. The van der Waals surface area contributed by atoms with Gasteiger partial charge in [0.1, 0.15) is 0 Å². The molecule has 1 heterocycles. The van der Waals surface area contributed by atoms with Gasteiger partial charge in [-0.05, 0) is 30.2 Å². The molecule has 19 heavy (non-hydrogen) atoms. The minimum absolute atomic E-state index is 0.270. The Morgan fingerprint density at radius 1 is 1.37 bits per heavy atom. The summed E-state index contributed by atoms with van der Waals surface area (Å²) in [5.41, 5.74) is 1.76. The first-order valence-electron chi connectivity index (χ1n) is 5.78. The number of hydrogen-bond acceptors (Lipinski definition) is 4. The highest BCUT2D eigenvalue weighted by Crippen LogP contribution is 2.23. The molecule has 0 unspecified atom stereocenters. The number of methoxy groups -OCH3 is 1. The normalized spacial score (nSPS) is 11.7. The van der Waals surface area contributed by atoms with Crippen molar-refractivity contribution < 1.29 is 17.9 Å². The molecule has 0 amide bonds. The minimum atomic E-state index is -3.23. The number of carbonyl (C=O) groups excluding carboxylic acids is 1. The SMILES string of the molecule is COC(=O)CCc1c[nH]c2ccc(S(C)(=O)=O)cc12. The van der Waals surface area contributed by atoms with E-state index in [9.17, 15) is 13.2 Å². The van der Waals surface area contributed by atoms with Gasteiger partial charge in [0, 0.05) is 29.8 Å². The Hall–Kier alpha value is -1.82. The van der Waals surface area contributed by atoms with Crippen molar-refractivity contribution in [2.24, 2.45) is 0 Å². The number of hydrogen-bond donors (Lipinski definition) is 1. The Balaban J connectivity index is 2.38. The van der Waals surface area contributed by atoms with Crippen LogP contribution in [-0.4, -0.2) is 32.7 Å². The van der Waals surface area contributed by atoms with E-state index in [2.05, 4.69) is 9.72 Å². The zero-order valence-electron chi connectivity index (χ0n) is 10.8. The maximum atomic E-state index is 11.5. The highest BCUT2D eigenvalue weighted by atomic mass is 32.2. The number of fused-ring (bicyclic) bond motifs is 1. The lowest BCUT2D eigenvalue weighted by Gasteiger charge is -2.01. The fraction of sp³-hybridized carbons (Fsp3) is 0.308. The van der Waals surface area contributed by atoms with Crippen LogP contribution in [0.4, 0.5) is 0 Å². The van der Waals surface area contributed by atoms with E-state index < -0.39 is 9.84 Å². The molecule has 2 rings (SSSR count). The van der Waals surface area contributed by atoms with Crippen molar-refractivity contribution in [2.45, 2.75) is 17.7 Å². The summed E-state index contributed by atoms with van der Waals surface area (Å²) >= 11 is 0. The fourth-order valence-electron chi connectivity index (χ4n) is 1.93. The second kappa shape index (κ2) is 5.05. The predicted molar refractivity (Wildman–Crippen MR) is 71.7 cm³/mol. The molecule has 1 N–H and O–H groups in total. The van der Waals surface area contributed by atoms with Gasteiger partial charge in [0.25, 0.3) is 0 Å². The summed E-state index contributed by atoms with van der Waals surface area (Å²) in [6.45, 7) is 0. The van der Waals surface area contributed by atoms with Crippen molar-refractivity contribution in [3.05, 3.63) is 30.0 Å². The highest BCUT2D eigenvalue weighted by molar-refractivity contribution is 7.90. The number of carbonyl (C=O) groups is 1. The minimum Gasteiger partial charge on any atom is -0.469 e. The number of sulfone groups is 1. The summed E-state index contributed by atoms with van der Waals surface area (Å²) in [6, 6.07) is 4.93. The first-order chi connectivity index (χ1) is 8.91. The molecule has 0 aliphatic heterocycles. The Morgan fingerprint density at radius 2 is 2.11 bits per heavy atom.